The Labute approximate surface area is 108 Å². The zero-order valence-electron chi connectivity index (χ0n) is 10.6. The van der Waals surface area contributed by atoms with Crippen LogP contribution in [0, 0.1) is 11.3 Å². The third-order valence-corrected chi connectivity index (χ3v) is 2.81. The van der Waals surface area contributed by atoms with E-state index >= 15 is 0 Å². The van der Waals surface area contributed by atoms with Crippen LogP contribution in [-0.4, -0.2) is 18.0 Å². The normalized spacial score (nSPS) is 13.4. The molecule has 3 N–H and O–H groups in total. The number of amides is 1. The quantitative estimate of drug-likeness (QED) is 0.794. The van der Waals surface area contributed by atoms with Crippen LogP contribution >= 0.6 is 0 Å². The predicted molar refractivity (Wildman–Crippen MR) is 70.6 cm³/mol. The van der Waals surface area contributed by atoms with Crippen molar-refractivity contribution in [2.24, 2.45) is 5.73 Å². The molecule has 1 aromatic carbocycles. The van der Waals surface area contributed by atoms with E-state index in [0.717, 1.165) is 12.0 Å². The van der Waals surface area contributed by atoms with E-state index in [0.29, 0.717) is 12.8 Å². The van der Waals surface area contributed by atoms with E-state index in [9.17, 15) is 4.79 Å². The molecule has 0 saturated carbocycles. The van der Waals surface area contributed by atoms with Crippen LogP contribution in [0.5, 0.6) is 0 Å². The minimum absolute atomic E-state index is 0.107. The van der Waals surface area contributed by atoms with Gasteiger partial charge in [0.15, 0.2) is 0 Å². The molecule has 0 saturated heterocycles. The first-order valence-corrected chi connectivity index (χ1v) is 6.14. The summed E-state index contributed by atoms with van der Waals surface area (Å²) in [7, 11) is 0. The van der Waals surface area contributed by atoms with Gasteiger partial charge in [-0.15, -0.1) is 0 Å². The number of carbonyl (C=O) groups excluding carboxylic acids is 1. The molecule has 0 radical (unpaired) electrons. The molecule has 0 aliphatic carbocycles. The average molecular weight is 245 g/mol. The number of nitriles is 1. The number of nitrogens with zero attached hydrogens (tertiary/aromatic N) is 1. The van der Waals surface area contributed by atoms with Gasteiger partial charge in [0.2, 0.25) is 5.91 Å². The van der Waals surface area contributed by atoms with Crippen LogP contribution in [0.3, 0.4) is 0 Å². The highest BCUT2D eigenvalue weighted by Gasteiger charge is 2.17. The topological polar surface area (TPSA) is 78.9 Å². The summed E-state index contributed by atoms with van der Waals surface area (Å²) in [6.45, 7) is 1.94. The van der Waals surface area contributed by atoms with Gasteiger partial charge >= 0.3 is 0 Å². The van der Waals surface area contributed by atoms with Gasteiger partial charge in [0.25, 0.3) is 0 Å². The molecular weight excluding hydrogens is 226 g/mol. The predicted octanol–water partition coefficient (Wildman–Crippen LogP) is 1.36. The van der Waals surface area contributed by atoms with Gasteiger partial charge in [0.05, 0.1) is 18.5 Å². The van der Waals surface area contributed by atoms with E-state index in [2.05, 4.69) is 11.4 Å². The average Bonchev–Trinajstić information content (AvgIpc) is 2.39. The lowest BCUT2D eigenvalue weighted by molar-refractivity contribution is -0.123. The number of hydrogen-bond acceptors (Lipinski definition) is 3. The zero-order chi connectivity index (χ0) is 13.4. The molecule has 1 unspecified atom stereocenters. The number of nitrogens with two attached hydrogens (primary N) is 1. The zero-order valence-corrected chi connectivity index (χ0v) is 10.6. The molecule has 0 spiro atoms. The molecule has 0 aliphatic rings. The largest absolute Gasteiger partial charge is 0.351 e. The van der Waals surface area contributed by atoms with Crippen LogP contribution in [0.4, 0.5) is 0 Å². The summed E-state index contributed by atoms with van der Waals surface area (Å²) in [6.07, 6.45) is 1.56. The lowest BCUT2D eigenvalue weighted by atomic mass is 10.1. The fraction of sp³-hybridized carbons (Fsp3) is 0.429. The lowest BCUT2D eigenvalue weighted by Gasteiger charge is -2.17. The Morgan fingerprint density at radius 3 is 2.67 bits per heavy atom. The van der Waals surface area contributed by atoms with Gasteiger partial charge < -0.3 is 11.1 Å². The highest BCUT2D eigenvalue weighted by Crippen LogP contribution is 2.03. The van der Waals surface area contributed by atoms with Crippen molar-refractivity contribution in [1.82, 2.24) is 5.32 Å². The van der Waals surface area contributed by atoms with E-state index in [4.69, 9.17) is 11.0 Å². The van der Waals surface area contributed by atoms with Crippen LogP contribution in [0.1, 0.15) is 25.3 Å². The summed E-state index contributed by atoms with van der Waals surface area (Å²) in [4.78, 5) is 11.8. The van der Waals surface area contributed by atoms with E-state index in [-0.39, 0.29) is 11.9 Å². The van der Waals surface area contributed by atoms with Gasteiger partial charge in [-0.3, -0.25) is 4.79 Å². The first-order valence-electron chi connectivity index (χ1n) is 6.14. The maximum Gasteiger partial charge on any atom is 0.237 e. The maximum absolute atomic E-state index is 11.8. The van der Waals surface area contributed by atoms with Crippen LogP contribution in [-0.2, 0) is 11.2 Å². The Balaban J connectivity index is 2.49. The molecule has 2 atom stereocenters. The fourth-order valence-corrected chi connectivity index (χ4v) is 1.68. The van der Waals surface area contributed by atoms with E-state index in [1.807, 2.05) is 37.3 Å². The lowest BCUT2D eigenvalue weighted by Crippen LogP contribution is -2.46. The highest BCUT2D eigenvalue weighted by molar-refractivity contribution is 5.82. The molecule has 0 heterocycles. The van der Waals surface area contributed by atoms with Crippen molar-refractivity contribution in [2.75, 3.05) is 0 Å². The number of nitrogens with one attached hydrogen (secondary N) is 1. The number of carbonyl (C=O) groups is 1. The van der Waals surface area contributed by atoms with E-state index < -0.39 is 6.04 Å². The van der Waals surface area contributed by atoms with Gasteiger partial charge in [0.1, 0.15) is 0 Å². The molecule has 96 valence electrons. The van der Waals surface area contributed by atoms with Gasteiger partial charge in [0, 0.05) is 6.04 Å². The van der Waals surface area contributed by atoms with Crippen molar-refractivity contribution >= 4 is 5.91 Å². The Kier molecular flexibility index (Phi) is 5.89. The summed E-state index contributed by atoms with van der Waals surface area (Å²) in [5, 5.41) is 11.4. The third-order valence-electron chi connectivity index (χ3n) is 2.81. The molecule has 0 bridgehead atoms. The second-order valence-electron chi connectivity index (χ2n) is 4.27. The van der Waals surface area contributed by atoms with Crippen molar-refractivity contribution in [2.45, 2.75) is 38.3 Å². The summed E-state index contributed by atoms with van der Waals surface area (Å²) in [5.74, 6) is -0.194. The molecule has 4 heteroatoms. The fourth-order valence-electron chi connectivity index (χ4n) is 1.68. The Morgan fingerprint density at radius 1 is 1.44 bits per heavy atom. The van der Waals surface area contributed by atoms with Crippen LogP contribution in [0.15, 0.2) is 30.3 Å². The molecular formula is C14H19N3O. The highest BCUT2D eigenvalue weighted by atomic mass is 16.2. The van der Waals surface area contributed by atoms with E-state index in [1.54, 1.807) is 0 Å². The standard InChI is InChI=1S/C14H19N3O/c1-2-12(8-9-15)17-14(18)13(16)10-11-6-4-3-5-7-11/h3-7,12-13H,2,8,10,16H2,1H3,(H,17,18)/t12?,13-/m0/s1. The Bertz CT molecular complexity index is 411. The van der Waals surface area contributed by atoms with Gasteiger partial charge in [-0.25, -0.2) is 0 Å². The van der Waals surface area contributed by atoms with Crippen LogP contribution in [0.2, 0.25) is 0 Å². The van der Waals surface area contributed by atoms with Crippen molar-refractivity contribution in [3.05, 3.63) is 35.9 Å². The molecule has 0 aliphatic heterocycles. The molecule has 1 rings (SSSR count). The number of rotatable bonds is 6. The molecule has 0 fully saturated rings. The van der Waals surface area contributed by atoms with Crippen molar-refractivity contribution < 1.29 is 4.79 Å². The minimum Gasteiger partial charge on any atom is -0.351 e. The van der Waals surface area contributed by atoms with Gasteiger partial charge in [-0.1, -0.05) is 37.3 Å². The van der Waals surface area contributed by atoms with Crippen LogP contribution < -0.4 is 11.1 Å². The molecule has 1 amide bonds. The van der Waals surface area contributed by atoms with Gasteiger partial charge in [-0.2, -0.15) is 5.26 Å². The number of hydrogen-bond donors (Lipinski definition) is 2. The Morgan fingerprint density at radius 2 is 2.11 bits per heavy atom. The summed E-state index contributed by atoms with van der Waals surface area (Å²) < 4.78 is 0. The SMILES string of the molecule is CCC(CC#N)NC(=O)[C@@H](N)Cc1ccccc1. The second-order valence-corrected chi connectivity index (χ2v) is 4.27. The molecule has 0 aromatic heterocycles. The summed E-state index contributed by atoms with van der Waals surface area (Å²) in [6, 6.07) is 11.0. The van der Waals surface area contributed by atoms with Crippen molar-refractivity contribution in [3.63, 3.8) is 0 Å². The second kappa shape index (κ2) is 7.46. The van der Waals surface area contributed by atoms with E-state index in [1.165, 1.54) is 0 Å². The van der Waals surface area contributed by atoms with Crippen LogP contribution in [0.25, 0.3) is 0 Å². The smallest absolute Gasteiger partial charge is 0.237 e. The number of benzene rings is 1. The molecule has 18 heavy (non-hydrogen) atoms. The summed E-state index contributed by atoms with van der Waals surface area (Å²) >= 11 is 0. The Hall–Kier alpha value is -1.86. The van der Waals surface area contributed by atoms with Crippen molar-refractivity contribution in [3.8, 4) is 6.07 Å². The maximum atomic E-state index is 11.8. The third kappa shape index (κ3) is 4.56. The minimum atomic E-state index is -0.569. The first-order chi connectivity index (χ1) is 8.67. The molecule has 1 aromatic rings. The monoisotopic (exact) mass is 245 g/mol. The van der Waals surface area contributed by atoms with Crippen molar-refractivity contribution in [1.29, 1.82) is 5.26 Å². The molecule has 4 nitrogen and oxygen atoms in total. The van der Waals surface area contributed by atoms with Gasteiger partial charge in [-0.05, 0) is 18.4 Å². The summed E-state index contributed by atoms with van der Waals surface area (Å²) in [5.41, 5.74) is 6.89. The first kappa shape index (κ1) is 14.2.